The second-order valence-electron chi connectivity index (χ2n) is 7.11. The van der Waals surface area contributed by atoms with Crippen molar-refractivity contribution in [3.05, 3.63) is 0 Å². The van der Waals surface area contributed by atoms with Crippen LogP contribution < -0.4 is 0 Å². The second-order valence-corrected chi connectivity index (χ2v) is 23.7. The summed E-state index contributed by atoms with van der Waals surface area (Å²) in [5.41, 5.74) is 0. The molecular weight excluding hydrogens is 809 g/mol. The molecule has 254 valence electrons. The summed E-state index contributed by atoms with van der Waals surface area (Å²) < 4.78 is 22.2. The molecule has 0 fully saturated rings. The molecule has 0 spiro atoms. The molecule has 0 aromatic heterocycles. The molecule has 0 aromatic rings. The lowest BCUT2D eigenvalue weighted by Crippen LogP contribution is -2.07. The van der Waals surface area contributed by atoms with Gasteiger partial charge in [-0.25, -0.2) is 0 Å². The molecule has 0 rings (SSSR count). The van der Waals surface area contributed by atoms with Crippen molar-refractivity contribution in [3.63, 3.8) is 0 Å². The third-order valence-corrected chi connectivity index (χ3v) is 19.5. The maximum absolute atomic E-state index is 12.1. The van der Waals surface area contributed by atoms with Gasteiger partial charge in [0.2, 0.25) is 0 Å². The Balaban J connectivity index is 3.35. The Morgan fingerprint density at radius 2 is 1.00 bits per heavy atom. The van der Waals surface area contributed by atoms with Gasteiger partial charge in [-0.2, -0.15) is 11.8 Å². The van der Waals surface area contributed by atoms with E-state index in [1.54, 1.807) is 82.3 Å². The number of hydrogen-bond acceptors (Lipinski definition) is 20. The first-order valence-electron chi connectivity index (χ1n) is 12.4. The Labute approximate surface area is 310 Å². The van der Waals surface area contributed by atoms with Crippen molar-refractivity contribution in [1.29, 1.82) is 0 Å². The Morgan fingerprint density at radius 1 is 0.535 bits per heavy atom. The van der Waals surface area contributed by atoms with E-state index >= 15 is 0 Å². The number of esters is 2. The van der Waals surface area contributed by atoms with E-state index in [9.17, 15) is 18.6 Å². The van der Waals surface area contributed by atoms with Crippen LogP contribution in [0, 0.1) is 0 Å². The van der Waals surface area contributed by atoms with Gasteiger partial charge in [-0.15, -0.1) is 118 Å². The maximum Gasteiger partial charge on any atom is 0.316 e. The van der Waals surface area contributed by atoms with Crippen molar-refractivity contribution in [2.24, 2.45) is 0 Å². The summed E-state index contributed by atoms with van der Waals surface area (Å²) in [4.78, 5) is 35.0. The molecule has 0 amide bonds. The number of aliphatic hydroxyl groups excluding tert-OH is 2. The molecule has 0 aliphatic rings. The van der Waals surface area contributed by atoms with Crippen LogP contribution >= 0.6 is 141 Å². The van der Waals surface area contributed by atoms with Crippen molar-refractivity contribution in [2.45, 2.75) is 0 Å². The summed E-state index contributed by atoms with van der Waals surface area (Å²) in [5, 5.41) is 24.0. The first kappa shape index (κ1) is 45.9. The van der Waals surface area contributed by atoms with Crippen molar-refractivity contribution >= 4 is 169 Å². The highest BCUT2D eigenvalue weighted by Gasteiger charge is 2.06. The third kappa shape index (κ3) is 37.5. The number of carbonyl (C=O) groups is 3. The van der Waals surface area contributed by atoms with Gasteiger partial charge in [-0.05, 0) is 0 Å². The lowest BCUT2D eigenvalue weighted by atomic mass is 10.8. The third-order valence-electron chi connectivity index (χ3n) is 3.71. The quantitative estimate of drug-likeness (QED) is 0.0476. The van der Waals surface area contributed by atoms with Crippen LogP contribution in [0.4, 0.5) is 0 Å². The van der Waals surface area contributed by atoms with Crippen LogP contribution in [0.1, 0.15) is 0 Å². The van der Waals surface area contributed by atoms with Crippen LogP contribution in [0.5, 0.6) is 0 Å². The summed E-state index contributed by atoms with van der Waals surface area (Å²) in [6, 6.07) is 0. The number of rotatable bonds is 33. The zero-order valence-corrected chi connectivity index (χ0v) is 34.2. The average Bonchev–Trinajstić information content (AvgIpc) is 2.99. The number of carbonyl (C=O) groups excluding carboxylic acids is 3. The molecule has 0 saturated heterocycles. The Hall–Kier alpha value is 2.88. The Bertz CT molecular complexity index is 712. The largest absolute Gasteiger partial charge is 0.454 e. The van der Waals surface area contributed by atoms with Crippen molar-refractivity contribution in [3.8, 4) is 0 Å². The predicted molar refractivity (Wildman–Crippen MR) is 213 cm³/mol. The van der Waals surface area contributed by atoms with Gasteiger partial charge in [0.15, 0.2) is 5.12 Å². The van der Waals surface area contributed by atoms with Gasteiger partial charge >= 0.3 is 11.9 Å². The minimum Gasteiger partial charge on any atom is -0.454 e. The molecule has 1 atom stereocenters. The average molecular weight is 849 g/mol. The van der Waals surface area contributed by atoms with E-state index in [-0.39, 0.29) is 42.1 Å². The van der Waals surface area contributed by atoms with Crippen molar-refractivity contribution in [1.82, 2.24) is 0 Å². The predicted octanol–water partition coefficient (Wildman–Crippen LogP) is 5.71. The van der Waals surface area contributed by atoms with Gasteiger partial charge in [0.05, 0.1) is 35.6 Å². The summed E-state index contributed by atoms with van der Waals surface area (Å²) >= 11 is 19.2. The zero-order chi connectivity index (χ0) is 31.6. The Morgan fingerprint density at radius 3 is 1.56 bits per heavy atom. The van der Waals surface area contributed by atoms with Crippen LogP contribution in [0.3, 0.4) is 0 Å². The van der Waals surface area contributed by atoms with E-state index in [2.05, 4.69) is 0 Å². The highest BCUT2D eigenvalue weighted by molar-refractivity contribution is 8.30. The van der Waals surface area contributed by atoms with Crippen LogP contribution in [0.25, 0.3) is 0 Å². The molecule has 43 heavy (non-hydrogen) atoms. The molecular formula is C22H40O8S13. The summed E-state index contributed by atoms with van der Waals surface area (Å²) in [6.07, 6.45) is 0. The molecule has 0 bridgehead atoms. The molecule has 21 heteroatoms. The molecule has 1 unspecified atom stereocenters. The fraction of sp³-hybridized carbons (Fsp3) is 0.864. The van der Waals surface area contributed by atoms with Gasteiger partial charge in [0, 0.05) is 69.4 Å². The lowest BCUT2D eigenvalue weighted by molar-refractivity contribution is -0.139. The number of thioether (sulfide) groups is 12. The van der Waals surface area contributed by atoms with Crippen LogP contribution in [0.2, 0.25) is 0 Å². The van der Waals surface area contributed by atoms with Crippen LogP contribution in [-0.4, -0.2) is 138 Å². The fourth-order valence-electron chi connectivity index (χ4n) is 1.96. The molecule has 0 aliphatic carbocycles. The van der Waals surface area contributed by atoms with E-state index in [4.69, 9.17) is 19.7 Å². The second kappa shape index (κ2) is 37.7. The lowest BCUT2D eigenvalue weighted by Gasteiger charge is -2.05. The zero-order valence-electron chi connectivity index (χ0n) is 23.6. The summed E-state index contributed by atoms with van der Waals surface area (Å²) in [6.45, 7) is 0.166. The smallest absolute Gasteiger partial charge is 0.316 e. The normalized spacial score (nSPS) is 11.9. The van der Waals surface area contributed by atoms with Gasteiger partial charge in [0.1, 0.15) is 11.9 Å². The van der Waals surface area contributed by atoms with Crippen LogP contribution in [-0.2, 0) is 34.7 Å². The van der Waals surface area contributed by atoms with Crippen molar-refractivity contribution < 1.29 is 38.3 Å². The van der Waals surface area contributed by atoms with Crippen molar-refractivity contribution in [2.75, 3.05) is 106 Å². The summed E-state index contributed by atoms with van der Waals surface area (Å²) in [7, 11) is -0.820. The molecule has 2 N–H and O–H groups in total. The molecule has 0 aliphatic heterocycles. The maximum atomic E-state index is 12.1. The minimum absolute atomic E-state index is 0.0799. The molecule has 0 aromatic carbocycles. The van der Waals surface area contributed by atoms with Gasteiger partial charge in [-0.3, -0.25) is 18.6 Å². The van der Waals surface area contributed by atoms with E-state index in [1.807, 2.05) is 0 Å². The SMILES string of the molecule is O=C(CSCSCSCCS(=O)CSCSCSCSC(=O)CSCSCSCC(=O)OCSCCO)OCSCCO. The highest BCUT2D eigenvalue weighted by atomic mass is 32.3. The molecule has 0 heterocycles. The van der Waals surface area contributed by atoms with Crippen LogP contribution in [0.15, 0.2) is 0 Å². The molecule has 0 saturated carbocycles. The standard InChI is InChI=1S/C22H40O8S13/c23-1-3-31-10-29-20(25)7-34-13-37-12-33-5-6-43(28)19-41-17-39-16-40-18-42-22(27)9-36-15-38-14-35-8-21(26)30-11-32-4-2-24/h23-24H,1-19H2. The molecule has 8 nitrogen and oxygen atoms in total. The molecule has 0 radical (unpaired) electrons. The topological polar surface area (TPSA) is 127 Å². The van der Waals surface area contributed by atoms with Gasteiger partial charge < -0.3 is 19.7 Å². The first-order chi connectivity index (χ1) is 21.0. The Kier molecular flexibility index (Phi) is 40.2. The van der Waals surface area contributed by atoms with E-state index in [0.29, 0.717) is 39.6 Å². The monoisotopic (exact) mass is 848 g/mol. The van der Waals surface area contributed by atoms with Gasteiger partial charge in [-0.1, -0.05) is 11.8 Å². The number of aliphatic hydroxyl groups is 2. The van der Waals surface area contributed by atoms with E-state index in [1.165, 1.54) is 58.8 Å². The van der Waals surface area contributed by atoms with E-state index < -0.39 is 10.8 Å². The number of hydrogen-bond donors (Lipinski definition) is 2. The first-order valence-corrected chi connectivity index (χ1v) is 27.6. The summed E-state index contributed by atoms with van der Waals surface area (Å²) in [5.74, 6) is 3.92. The number of ether oxygens (including phenoxy) is 2. The van der Waals surface area contributed by atoms with Gasteiger partial charge in [0.25, 0.3) is 0 Å². The fourth-order valence-corrected chi connectivity index (χ4v) is 16.1. The highest BCUT2D eigenvalue weighted by Crippen LogP contribution is 2.24. The van der Waals surface area contributed by atoms with E-state index in [0.717, 1.165) is 41.3 Å². The minimum atomic E-state index is -0.820.